The second-order valence-electron chi connectivity index (χ2n) is 8.74. The lowest BCUT2D eigenvalue weighted by Crippen LogP contribution is -2.20. The van der Waals surface area contributed by atoms with Gasteiger partial charge in [-0.25, -0.2) is 4.98 Å². The Bertz CT molecular complexity index is 1530. The monoisotopic (exact) mass is 479 g/mol. The summed E-state index contributed by atoms with van der Waals surface area (Å²) in [5.74, 6) is 0.936. The molecule has 180 valence electrons. The lowest BCUT2D eigenvalue weighted by Gasteiger charge is -2.10. The minimum absolute atomic E-state index is 0.0445. The lowest BCUT2D eigenvalue weighted by atomic mass is 10.0. The number of aromatic nitrogens is 4. The number of anilines is 1. The molecule has 3 heterocycles. The molecule has 5 rings (SSSR count). The van der Waals surface area contributed by atoms with E-state index in [1.807, 2.05) is 68.4 Å². The Morgan fingerprint density at radius 2 is 1.75 bits per heavy atom. The van der Waals surface area contributed by atoms with Crippen LogP contribution in [-0.2, 0) is 11.2 Å². The maximum absolute atomic E-state index is 13.0. The average Bonchev–Trinajstić information content (AvgIpc) is 3.55. The van der Waals surface area contributed by atoms with Gasteiger partial charge < -0.3 is 9.73 Å². The lowest BCUT2D eigenvalue weighted by molar-refractivity contribution is -0.115. The number of aromatic amines is 1. The van der Waals surface area contributed by atoms with Gasteiger partial charge in [0.2, 0.25) is 11.9 Å². The first-order valence-electron chi connectivity index (χ1n) is 11.7. The molecule has 0 atom stereocenters. The molecule has 3 aromatic heterocycles. The highest BCUT2D eigenvalue weighted by molar-refractivity contribution is 5.92. The summed E-state index contributed by atoms with van der Waals surface area (Å²) in [6, 6.07) is 24.6. The molecule has 1 amide bonds. The topological polar surface area (TPSA) is 106 Å². The molecule has 0 aliphatic rings. The van der Waals surface area contributed by atoms with Crippen LogP contribution in [-0.4, -0.2) is 25.7 Å². The van der Waals surface area contributed by atoms with Crippen LogP contribution in [0.4, 0.5) is 5.82 Å². The van der Waals surface area contributed by atoms with Gasteiger partial charge in [-0.05, 0) is 34.7 Å². The summed E-state index contributed by atoms with van der Waals surface area (Å²) in [4.78, 5) is 32.5. The van der Waals surface area contributed by atoms with Crippen LogP contribution in [0.1, 0.15) is 31.0 Å². The number of carbonyl (C=O) groups excluding carboxylic acids is 1. The van der Waals surface area contributed by atoms with Crippen LogP contribution in [0, 0.1) is 0 Å². The van der Waals surface area contributed by atoms with Gasteiger partial charge in [-0.2, -0.15) is 9.78 Å². The zero-order valence-corrected chi connectivity index (χ0v) is 19.9. The van der Waals surface area contributed by atoms with E-state index in [2.05, 4.69) is 20.4 Å². The highest BCUT2D eigenvalue weighted by Crippen LogP contribution is 2.25. The Hall–Kier alpha value is -4.72. The molecule has 0 aliphatic heterocycles. The molecule has 2 aromatic carbocycles. The van der Waals surface area contributed by atoms with Crippen LogP contribution >= 0.6 is 0 Å². The van der Waals surface area contributed by atoms with Crippen molar-refractivity contribution in [2.45, 2.75) is 26.2 Å². The van der Waals surface area contributed by atoms with Gasteiger partial charge in [0.25, 0.3) is 5.56 Å². The molecule has 0 radical (unpaired) electrons. The third kappa shape index (κ3) is 5.02. The van der Waals surface area contributed by atoms with E-state index >= 15 is 0 Å². The van der Waals surface area contributed by atoms with Crippen molar-refractivity contribution >= 4 is 11.7 Å². The number of benzene rings is 2. The van der Waals surface area contributed by atoms with E-state index < -0.39 is 0 Å². The van der Waals surface area contributed by atoms with Crippen molar-refractivity contribution in [1.82, 2.24) is 19.7 Å². The quantitative estimate of drug-likeness (QED) is 0.334. The van der Waals surface area contributed by atoms with Crippen molar-refractivity contribution in [2.75, 3.05) is 5.32 Å². The van der Waals surface area contributed by atoms with Crippen molar-refractivity contribution in [1.29, 1.82) is 0 Å². The van der Waals surface area contributed by atoms with Gasteiger partial charge >= 0.3 is 0 Å². The van der Waals surface area contributed by atoms with Gasteiger partial charge in [-0.3, -0.25) is 14.6 Å². The van der Waals surface area contributed by atoms with Crippen molar-refractivity contribution in [3.8, 4) is 28.5 Å². The number of H-pyrrole nitrogens is 1. The molecule has 5 aromatic rings. The van der Waals surface area contributed by atoms with Crippen LogP contribution in [0.3, 0.4) is 0 Å². The van der Waals surface area contributed by atoms with Gasteiger partial charge in [0.15, 0.2) is 5.76 Å². The highest BCUT2D eigenvalue weighted by atomic mass is 16.3. The molecule has 0 bridgehead atoms. The maximum Gasteiger partial charge on any atom is 0.252 e. The first-order chi connectivity index (χ1) is 17.5. The molecular formula is C28H25N5O3. The van der Waals surface area contributed by atoms with Crippen molar-refractivity contribution in [2.24, 2.45) is 0 Å². The molecule has 0 aliphatic carbocycles. The predicted molar refractivity (Wildman–Crippen MR) is 138 cm³/mol. The Morgan fingerprint density at radius 3 is 2.44 bits per heavy atom. The summed E-state index contributed by atoms with van der Waals surface area (Å²) in [7, 11) is 0. The molecule has 8 heteroatoms. The van der Waals surface area contributed by atoms with Gasteiger partial charge in [-0.15, -0.1) is 0 Å². The summed E-state index contributed by atoms with van der Waals surface area (Å²) in [6.45, 7) is 3.91. The van der Waals surface area contributed by atoms with Crippen molar-refractivity contribution in [3.05, 3.63) is 107 Å². The molecule has 0 saturated carbocycles. The number of nitrogens with one attached hydrogen (secondary N) is 2. The van der Waals surface area contributed by atoms with Crippen LogP contribution in [0.15, 0.2) is 94.3 Å². The number of rotatable bonds is 7. The summed E-state index contributed by atoms with van der Waals surface area (Å²) in [5, 5.41) is 7.46. The third-order valence-electron chi connectivity index (χ3n) is 5.72. The number of nitrogens with zero attached hydrogens (tertiary/aromatic N) is 3. The smallest absolute Gasteiger partial charge is 0.252 e. The largest absolute Gasteiger partial charge is 0.463 e. The molecular weight excluding hydrogens is 454 g/mol. The minimum atomic E-state index is -0.297. The molecule has 36 heavy (non-hydrogen) atoms. The normalized spacial score (nSPS) is 11.1. The fourth-order valence-corrected chi connectivity index (χ4v) is 3.85. The number of furan rings is 1. The Labute approximate surface area is 207 Å². The second-order valence-corrected chi connectivity index (χ2v) is 8.74. The molecule has 0 fully saturated rings. The van der Waals surface area contributed by atoms with E-state index in [0.717, 1.165) is 16.7 Å². The maximum atomic E-state index is 13.0. The van der Waals surface area contributed by atoms with E-state index in [1.54, 1.807) is 24.5 Å². The van der Waals surface area contributed by atoms with Crippen LogP contribution in [0.2, 0.25) is 0 Å². The Morgan fingerprint density at radius 1 is 1.00 bits per heavy atom. The van der Waals surface area contributed by atoms with Crippen LogP contribution in [0.5, 0.6) is 0 Å². The predicted octanol–water partition coefficient (Wildman–Crippen LogP) is 5.19. The van der Waals surface area contributed by atoms with Crippen molar-refractivity contribution in [3.63, 3.8) is 0 Å². The average molecular weight is 480 g/mol. The highest BCUT2D eigenvalue weighted by Gasteiger charge is 2.18. The van der Waals surface area contributed by atoms with E-state index in [1.165, 1.54) is 10.7 Å². The SMILES string of the molecule is CC(C)c1cc(=O)[nH]c(-n2nc(-c3ccco3)cc2NC(=O)Cc2ccc(-c3ccccc3)cc2)n1. The van der Waals surface area contributed by atoms with Crippen molar-refractivity contribution < 1.29 is 9.21 Å². The summed E-state index contributed by atoms with van der Waals surface area (Å²) < 4.78 is 6.90. The summed E-state index contributed by atoms with van der Waals surface area (Å²) >= 11 is 0. The summed E-state index contributed by atoms with van der Waals surface area (Å²) in [6.07, 6.45) is 1.72. The van der Waals surface area contributed by atoms with E-state index in [4.69, 9.17) is 4.42 Å². The Balaban J connectivity index is 1.42. The zero-order chi connectivity index (χ0) is 25.1. The number of carbonyl (C=O) groups is 1. The molecule has 2 N–H and O–H groups in total. The first-order valence-corrected chi connectivity index (χ1v) is 11.7. The van der Waals surface area contributed by atoms with Crippen LogP contribution < -0.4 is 10.9 Å². The fraction of sp³-hybridized carbons (Fsp3) is 0.143. The van der Waals surface area contributed by atoms with Gasteiger partial charge in [-0.1, -0.05) is 68.4 Å². The molecule has 0 saturated heterocycles. The van der Waals surface area contributed by atoms with E-state index in [-0.39, 0.29) is 29.8 Å². The summed E-state index contributed by atoms with van der Waals surface area (Å²) in [5.41, 5.74) is 3.90. The van der Waals surface area contributed by atoms with E-state index in [9.17, 15) is 9.59 Å². The number of hydrogen-bond donors (Lipinski definition) is 2. The third-order valence-corrected chi connectivity index (χ3v) is 5.72. The molecule has 0 spiro atoms. The molecule has 8 nitrogen and oxygen atoms in total. The van der Waals surface area contributed by atoms with Gasteiger partial charge in [0, 0.05) is 12.1 Å². The minimum Gasteiger partial charge on any atom is -0.463 e. The van der Waals surface area contributed by atoms with Gasteiger partial charge in [0.1, 0.15) is 11.5 Å². The van der Waals surface area contributed by atoms with Gasteiger partial charge in [0.05, 0.1) is 18.4 Å². The Kier molecular flexibility index (Phi) is 6.32. The second kappa shape index (κ2) is 9.87. The van der Waals surface area contributed by atoms with E-state index in [0.29, 0.717) is 23.0 Å². The zero-order valence-electron chi connectivity index (χ0n) is 19.9. The first kappa shape index (κ1) is 23.0. The standard InChI is InChI=1S/C28H25N5O3/c1-18(2)22-17-27(35)31-28(29-22)33-25(16-23(32-33)24-9-6-14-36-24)30-26(34)15-19-10-12-21(13-11-19)20-7-4-3-5-8-20/h3-14,16-18H,15H2,1-2H3,(H,30,34)(H,29,31,35). The fourth-order valence-electron chi connectivity index (χ4n) is 3.85. The molecule has 0 unspecified atom stereocenters. The number of amides is 1. The van der Waals surface area contributed by atoms with Crippen LogP contribution in [0.25, 0.3) is 28.5 Å². The number of hydrogen-bond acceptors (Lipinski definition) is 5.